The van der Waals surface area contributed by atoms with E-state index in [1.807, 2.05) is 0 Å². The van der Waals surface area contributed by atoms with Gasteiger partial charge in [-0.2, -0.15) is 4.57 Å². The molecule has 0 radical (unpaired) electrons. The van der Waals surface area contributed by atoms with E-state index in [2.05, 4.69) is 82.6 Å². The first-order valence-electron chi connectivity index (χ1n) is 6.65. The molecule has 0 aliphatic rings. The second kappa shape index (κ2) is 4.08. The highest BCUT2D eigenvalue weighted by Gasteiger charge is 2.34. The Morgan fingerprint density at radius 3 is 2.00 bits per heavy atom. The number of aromatic nitrogens is 1. The van der Waals surface area contributed by atoms with Crippen LogP contribution in [0.3, 0.4) is 0 Å². The molecule has 1 heteroatoms. The normalized spacial score (nSPS) is 13.0. The van der Waals surface area contributed by atoms with Crippen molar-refractivity contribution in [3.63, 3.8) is 0 Å². The largest absolute Gasteiger partial charge is 0.197 e. The second-order valence-electron chi connectivity index (χ2n) is 7.04. The van der Waals surface area contributed by atoms with Gasteiger partial charge in [0, 0.05) is 37.6 Å². The van der Waals surface area contributed by atoms with Crippen LogP contribution in [-0.4, -0.2) is 0 Å². The van der Waals surface area contributed by atoms with Crippen molar-refractivity contribution in [2.45, 2.75) is 52.5 Å². The first-order valence-corrected chi connectivity index (χ1v) is 6.65. The lowest BCUT2D eigenvalue weighted by Crippen LogP contribution is -2.55. The van der Waals surface area contributed by atoms with Crippen molar-refractivity contribution in [1.82, 2.24) is 0 Å². The predicted molar refractivity (Wildman–Crippen MR) is 77.8 cm³/mol. The molecule has 96 valence electrons. The molecule has 0 aliphatic carbocycles. The van der Waals surface area contributed by atoms with Crippen LogP contribution >= 0.6 is 0 Å². The molecule has 0 unspecified atom stereocenters. The molecule has 2 aromatic rings. The van der Waals surface area contributed by atoms with E-state index in [0.717, 1.165) is 0 Å². The van der Waals surface area contributed by atoms with Gasteiger partial charge in [0.25, 0.3) is 0 Å². The minimum absolute atomic E-state index is 0.104. The molecule has 1 aromatic heterocycles. The molecule has 0 fully saturated rings. The van der Waals surface area contributed by atoms with Crippen molar-refractivity contribution >= 4 is 10.8 Å². The van der Waals surface area contributed by atoms with Gasteiger partial charge in [-0.1, -0.05) is 39.0 Å². The Bertz CT molecular complexity index is 568. The maximum absolute atomic E-state index is 2.41. The van der Waals surface area contributed by atoms with Crippen LogP contribution in [-0.2, 0) is 11.0 Å². The summed E-state index contributed by atoms with van der Waals surface area (Å²) in [6.07, 6.45) is 2.23. The van der Waals surface area contributed by atoms with Crippen molar-refractivity contribution in [2.75, 3.05) is 0 Å². The maximum atomic E-state index is 2.41. The molecule has 0 bridgehead atoms. The van der Waals surface area contributed by atoms with Crippen LogP contribution < -0.4 is 4.57 Å². The number of hydrogen-bond donors (Lipinski definition) is 0. The Labute approximate surface area is 110 Å². The van der Waals surface area contributed by atoms with Crippen LogP contribution in [0.2, 0.25) is 0 Å². The summed E-state index contributed by atoms with van der Waals surface area (Å²) in [7, 11) is 0. The minimum atomic E-state index is 0.104. The first kappa shape index (κ1) is 13.1. The molecule has 2 rings (SSSR count). The zero-order valence-corrected chi connectivity index (χ0v) is 12.4. The molecule has 1 heterocycles. The minimum Gasteiger partial charge on any atom is -0.197 e. The summed E-state index contributed by atoms with van der Waals surface area (Å²) in [5.74, 6) is 0. The van der Waals surface area contributed by atoms with Crippen molar-refractivity contribution in [2.24, 2.45) is 0 Å². The molecule has 0 spiro atoms. The van der Waals surface area contributed by atoms with Gasteiger partial charge < -0.3 is 0 Å². The predicted octanol–water partition coefficient (Wildman–Crippen LogP) is 4.18. The van der Waals surface area contributed by atoms with E-state index in [9.17, 15) is 0 Å². The average molecular weight is 242 g/mol. The second-order valence-corrected chi connectivity index (χ2v) is 7.04. The molecule has 0 saturated heterocycles. The quantitative estimate of drug-likeness (QED) is 0.610. The Morgan fingerprint density at radius 1 is 0.833 bits per heavy atom. The zero-order chi connectivity index (χ0) is 13.6. The monoisotopic (exact) mass is 242 g/mol. The third-order valence-electron chi connectivity index (χ3n) is 3.29. The zero-order valence-electron chi connectivity index (χ0n) is 12.4. The highest BCUT2D eigenvalue weighted by atomic mass is 15.0. The standard InChI is InChI=1S/C17H24N/c1-16(2,3)15-14-10-8-7-9-13(14)11-12-18(15)17(4,5)6/h7-12H,1-6H3/q+1. The first-order chi connectivity index (χ1) is 8.21. The van der Waals surface area contributed by atoms with Crippen LogP contribution in [0.15, 0.2) is 36.5 Å². The van der Waals surface area contributed by atoms with Crippen LogP contribution in [0.25, 0.3) is 10.8 Å². The van der Waals surface area contributed by atoms with Crippen LogP contribution in [0.1, 0.15) is 47.2 Å². The SMILES string of the molecule is CC(C)(C)c1c2ccccc2cc[n+]1C(C)(C)C. The van der Waals surface area contributed by atoms with Crippen LogP contribution in [0.4, 0.5) is 0 Å². The number of fused-ring (bicyclic) bond motifs is 1. The fourth-order valence-electron chi connectivity index (χ4n) is 2.54. The van der Waals surface area contributed by atoms with E-state index < -0.39 is 0 Å². The molecular formula is C17H24N+. The molecule has 0 amide bonds. The van der Waals surface area contributed by atoms with Crippen LogP contribution in [0, 0.1) is 0 Å². The highest BCUT2D eigenvalue weighted by Crippen LogP contribution is 2.28. The van der Waals surface area contributed by atoms with Gasteiger partial charge in [0.15, 0.2) is 17.4 Å². The fourth-order valence-corrected chi connectivity index (χ4v) is 2.54. The lowest BCUT2D eigenvalue weighted by Gasteiger charge is -2.25. The van der Waals surface area contributed by atoms with Crippen molar-refractivity contribution in [3.05, 3.63) is 42.2 Å². The Morgan fingerprint density at radius 2 is 1.44 bits per heavy atom. The summed E-state index contributed by atoms with van der Waals surface area (Å²) >= 11 is 0. The molecule has 0 saturated carbocycles. The summed E-state index contributed by atoms with van der Waals surface area (Å²) in [4.78, 5) is 0. The summed E-state index contributed by atoms with van der Waals surface area (Å²) < 4.78 is 2.41. The fraction of sp³-hybridized carbons (Fsp3) is 0.471. The molecule has 0 atom stereocenters. The van der Waals surface area contributed by atoms with E-state index in [0.29, 0.717) is 0 Å². The maximum Gasteiger partial charge on any atom is 0.194 e. The molecule has 18 heavy (non-hydrogen) atoms. The molecule has 0 N–H and O–H groups in total. The number of rotatable bonds is 0. The molecular weight excluding hydrogens is 218 g/mol. The number of benzene rings is 1. The van der Waals surface area contributed by atoms with E-state index >= 15 is 0 Å². The van der Waals surface area contributed by atoms with E-state index in [4.69, 9.17) is 0 Å². The van der Waals surface area contributed by atoms with Gasteiger partial charge in [0.2, 0.25) is 0 Å². The topological polar surface area (TPSA) is 3.88 Å². The van der Waals surface area contributed by atoms with E-state index in [-0.39, 0.29) is 11.0 Å². The van der Waals surface area contributed by atoms with Crippen molar-refractivity contribution < 1.29 is 4.57 Å². The summed E-state index contributed by atoms with van der Waals surface area (Å²) in [5, 5.41) is 2.69. The van der Waals surface area contributed by atoms with E-state index in [1.165, 1.54) is 16.5 Å². The highest BCUT2D eigenvalue weighted by molar-refractivity contribution is 5.84. The van der Waals surface area contributed by atoms with Gasteiger partial charge in [-0.05, 0) is 11.5 Å². The third-order valence-corrected chi connectivity index (χ3v) is 3.29. The Balaban J connectivity index is 2.89. The Kier molecular flexibility index (Phi) is 2.96. The van der Waals surface area contributed by atoms with Gasteiger partial charge in [0.1, 0.15) is 0 Å². The lowest BCUT2D eigenvalue weighted by atomic mass is 9.86. The summed E-state index contributed by atoms with van der Waals surface area (Å²) in [6.45, 7) is 13.6. The van der Waals surface area contributed by atoms with Gasteiger partial charge >= 0.3 is 0 Å². The van der Waals surface area contributed by atoms with Gasteiger partial charge in [0.05, 0.1) is 0 Å². The van der Waals surface area contributed by atoms with Gasteiger partial charge in [-0.25, -0.2) is 0 Å². The Hall–Kier alpha value is -1.37. The summed E-state index contributed by atoms with van der Waals surface area (Å²) in [6, 6.07) is 10.9. The number of hydrogen-bond acceptors (Lipinski definition) is 0. The molecule has 1 aromatic carbocycles. The van der Waals surface area contributed by atoms with Crippen molar-refractivity contribution in [3.8, 4) is 0 Å². The molecule has 0 aliphatic heterocycles. The van der Waals surface area contributed by atoms with Crippen LogP contribution in [0.5, 0.6) is 0 Å². The van der Waals surface area contributed by atoms with Crippen molar-refractivity contribution in [1.29, 1.82) is 0 Å². The van der Waals surface area contributed by atoms with E-state index in [1.54, 1.807) is 0 Å². The lowest BCUT2D eigenvalue weighted by molar-refractivity contribution is -0.761. The smallest absolute Gasteiger partial charge is 0.194 e. The van der Waals surface area contributed by atoms with Gasteiger partial charge in [-0.15, -0.1) is 0 Å². The average Bonchev–Trinajstić information content (AvgIpc) is 2.24. The number of nitrogens with zero attached hydrogens (tertiary/aromatic N) is 1. The molecule has 1 nitrogen and oxygen atoms in total. The summed E-state index contributed by atoms with van der Waals surface area (Å²) in [5.41, 5.74) is 1.65. The third kappa shape index (κ3) is 2.27. The van der Waals surface area contributed by atoms with Gasteiger partial charge in [-0.3, -0.25) is 0 Å². The number of pyridine rings is 1.